The Morgan fingerprint density at radius 2 is 2.53 bits per heavy atom. The fourth-order valence-corrected chi connectivity index (χ4v) is 0.971. The molecule has 0 spiro atoms. The van der Waals surface area contributed by atoms with E-state index >= 15 is 0 Å². The van der Waals surface area contributed by atoms with Gasteiger partial charge in [-0.1, -0.05) is 18.7 Å². The summed E-state index contributed by atoms with van der Waals surface area (Å²) in [6.07, 6.45) is 8.78. The third-order valence-corrected chi connectivity index (χ3v) is 1.72. The number of aromatic nitrogens is 2. The quantitative estimate of drug-likeness (QED) is 0.733. The smallest absolute Gasteiger partial charge is 0.144 e. The van der Waals surface area contributed by atoms with Crippen molar-refractivity contribution in [2.45, 2.75) is 6.92 Å². The molecule has 1 aromatic heterocycles. The van der Waals surface area contributed by atoms with E-state index in [0.29, 0.717) is 11.4 Å². The van der Waals surface area contributed by atoms with Crippen LogP contribution in [0.3, 0.4) is 0 Å². The fraction of sp³-hybridized carbons (Fsp3) is 0.0909. The molecule has 1 aromatic rings. The van der Waals surface area contributed by atoms with Gasteiger partial charge in [0.25, 0.3) is 0 Å². The molecular weight excluding hydrogens is 188 g/mol. The van der Waals surface area contributed by atoms with E-state index < -0.39 is 0 Å². The van der Waals surface area contributed by atoms with Gasteiger partial charge in [0.05, 0.1) is 6.20 Å². The number of hydrogen-bond donors (Lipinski definition) is 2. The number of nitriles is 1. The molecule has 0 aliphatic rings. The zero-order chi connectivity index (χ0) is 11.1. The number of rotatable bonds is 4. The molecule has 0 unspecified atom stereocenters. The fourth-order valence-electron chi connectivity index (χ4n) is 0.971. The lowest BCUT2D eigenvalue weighted by Gasteiger charge is -2.03. The van der Waals surface area contributed by atoms with Crippen LogP contribution in [-0.2, 0) is 0 Å². The molecule has 0 saturated carbocycles. The zero-order valence-corrected chi connectivity index (χ0v) is 8.49. The summed E-state index contributed by atoms with van der Waals surface area (Å²) in [6.45, 7) is 5.59. The van der Waals surface area contributed by atoms with Crippen LogP contribution in [-0.4, -0.2) is 10.2 Å². The van der Waals surface area contributed by atoms with Gasteiger partial charge in [-0.25, -0.2) is 0 Å². The van der Waals surface area contributed by atoms with Crippen LogP contribution in [0.25, 0.3) is 0 Å². The van der Waals surface area contributed by atoms with E-state index in [-0.39, 0.29) is 0 Å². The van der Waals surface area contributed by atoms with Gasteiger partial charge in [-0.05, 0) is 19.1 Å². The van der Waals surface area contributed by atoms with Gasteiger partial charge in [0, 0.05) is 5.70 Å². The summed E-state index contributed by atoms with van der Waals surface area (Å²) in [5.74, 6) is 0.577. The first-order chi connectivity index (χ1) is 7.31. The summed E-state index contributed by atoms with van der Waals surface area (Å²) in [5, 5.41) is 18.2. The van der Waals surface area contributed by atoms with Crippen molar-refractivity contribution in [2.75, 3.05) is 5.32 Å². The Hall–Kier alpha value is -2.28. The van der Waals surface area contributed by atoms with Crippen LogP contribution in [0.5, 0.6) is 0 Å². The first-order valence-electron chi connectivity index (χ1n) is 4.47. The van der Waals surface area contributed by atoms with Gasteiger partial charge in [-0.2, -0.15) is 10.4 Å². The lowest BCUT2D eigenvalue weighted by Crippen LogP contribution is -1.98. The van der Waals surface area contributed by atoms with Crippen molar-refractivity contribution in [1.82, 2.24) is 10.2 Å². The van der Waals surface area contributed by atoms with Crippen LogP contribution in [0.15, 0.2) is 42.8 Å². The molecule has 0 aromatic carbocycles. The van der Waals surface area contributed by atoms with E-state index in [2.05, 4.69) is 22.1 Å². The Bertz CT molecular complexity index is 432. The second-order valence-corrected chi connectivity index (χ2v) is 2.75. The zero-order valence-electron chi connectivity index (χ0n) is 8.49. The Labute approximate surface area is 88.6 Å². The molecule has 0 radical (unpaired) electrons. The van der Waals surface area contributed by atoms with Crippen molar-refractivity contribution >= 4 is 5.82 Å². The molecule has 1 rings (SSSR count). The Morgan fingerprint density at radius 1 is 1.73 bits per heavy atom. The molecule has 76 valence electrons. The van der Waals surface area contributed by atoms with Gasteiger partial charge in [0.1, 0.15) is 17.5 Å². The topological polar surface area (TPSA) is 64.5 Å². The maximum absolute atomic E-state index is 8.76. The monoisotopic (exact) mass is 200 g/mol. The van der Waals surface area contributed by atoms with Crippen molar-refractivity contribution in [3.05, 3.63) is 48.3 Å². The van der Waals surface area contributed by atoms with Crippen LogP contribution in [0.4, 0.5) is 5.82 Å². The minimum absolute atomic E-state index is 0.475. The normalized spacial score (nSPS) is 11.3. The second kappa shape index (κ2) is 5.45. The van der Waals surface area contributed by atoms with Crippen molar-refractivity contribution in [3.8, 4) is 6.07 Å². The predicted molar refractivity (Wildman–Crippen MR) is 60.0 cm³/mol. The Kier molecular flexibility index (Phi) is 3.92. The lowest BCUT2D eigenvalue weighted by molar-refractivity contribution is 1.09. The SMILES string of the molecule is C=C/C(=C\C=C/C)Nc1[nH]ncc1C#N. The highest BCUT2D eigenvalue weighted by Crippen LogP contribution is 2.12. The molecule has 2 N–H and O–H groups in total. The maximum Gasteiger partial charge on any atom is 0.144 e. The number of allylic oxidation sites excluding steroid dienone is 4. The van der Waals surface area contributed by atoms with Gasteiger partial charge >= 0.3 is 0 Å². The van der Waals surface area contributed by atoms with Crippen molar-refractivity contribution in [3.63, 3.8) is 0 Å². The van der Waals surface area contributed by atoms with E-state index in [4.69, 9.17) is 5.26 Å². The first kappa shape index (κ1) is 10.8. The van der Waals surface area contributed by atoms with Gasteiger partial charge < -0.3 is 5.32 Å². The average molecular weight is 200 g/mol. The molecule has 0 aliphatic carbocycles. The molecule has 0 saturated heterocycles. The standard InChI is InChI=1S/C11H12N4/c1-3-5-6-10(4-2)14-11-9(7-12)8-13-15-11/h3-6,8H,2H2,1H3,(H2,13,14,15)/b5-3-,10-6+. The number of nitrogens with zero attached hydrogens (tertiary/aromatic N) is 2. The summed E-state index contributed by atoms with van der Waals surface area (Å²) in [4.78, 5) is 0. The Morgan fingerprint density at radius 3 is 3.13 bits per heavy atom. The minimum atomic E-state index is 0.475. The first-order valence-corrected chi connectivity index (χ1v) is 4.47. The number of aromatic amines is 1. The van der Waals surface area contributed by atoms with E-state index in [1.54, 1.807) is 6.08 Å². The highest BCUT2D eigenvalue weighted by atomic mass is 15.2. The molecule has 0 bridgehead atoms. The number of H-pyrrole nitrogens is 1. The lowest BCUT2D eigenvalue weighted by atomic mass is 10.3. The summed E-state index contributed by atoms with van der Waals surface area (Å²) in [5.41, 5.74) is 1.28. The van der Waals surface area contributed by atoms with Crippen LogP contribution in [0, 0.1) is 11.3 Å². The van der Waals surface area contributed by atoms with Crippen molar-refractivity contribution in [2.24, 2.45) is 0 Å². The maximum atomic E-state index is 8.76. The van der Waals surface area contributed by atoms with Crippen LogP contribution in [0.2, 0.25) is 0 Å². The van der Waals surface area contributed by atoms with Crippen LogP contribution >= 0.6 is 0 Å². The predicted octanol–water partition coefficient (Wildman–Crippen LogP) is 2.34. The second-order valence-electron chi connectivity index (χ2n) is 2.75. The van der Waals surface area contributed by atoms with Gasteiger partial charge in [0.2, 0.25) is 0 Å². The molecular formula is C11H12N4. The molecule has 1 heterocycles. The summed E-state index contributed by atoms with van der Waals surface area (Å²) >= 11 is 0. The highest BCUT2D eigenvalue weighted by molar-refractivity contribution is 5.55. The molecule has 0 fully saturated rings. The summed E-state index contributed by atoms with van der Waals surface area (Å²) in [6, 6.07) is 2.03. The number of nitrogens with one attached hydrogen (secondary N) is 2. The van der Waals surface area contributed by atoms with E-state index in [9.17, 15) is 0 Å². The molecule has 0 amide bonds. The van der Waals surface area contributed by atoms with E-state index in [1.165, 1.54) is 6.20 Å². The van der Waals surface area contributed by atoms with Crippen molar-refractivity contribution in [1.29, 1.82) is 5.26 Å². The molecule has 0 atom stereocenters. The summed E-state index contributed by atoms with van der Waals surface area (Å²) in [7, 11) is 0. The van der Waals surface area contributed by atoms with Gasteiger partial charge in [-0.3, -0.25) is 5.10 Å². The minimum Gasteiger partial charge on any atom is -0.340 e. The largest absolute Gasteiger partial charge is 0.340 e. The number of hydrogen-bond acceptors (Lipinski definition) is 3. The third-order valence-electron chi connectivity index (χ3n) is 1.72. The summed E-state index contributed by atoms with van der Waals surface area (Å²) < 4.78 is 0. The highest BCUT2D eigenvalue weighted by Gasteiger charge is 2.03. The van der Waals surface area contributed by atoms with Crippen LogP contribution < -0.4 is 5.32 Å². The van der Waals surface area contributed by atoms with E-state index in [1.807, 2.05) is 31.2 Å². The molecule has 15 heavy (non-hydrogen) atoms. The average Bonchev–Trinajstić information content (AvgIpc) is 2.71. The Balaban J connectivity index is 2.85. The third kappa shape index (κ3) is 2.85. The van der Waals surface area contributed by atoms with E-state index in [0.717, 1.165) is 5.70 Å². The van der Waals surface area contributed by atoms with Gasteiger partial charge in [-0.15, -0.1) is 0 Å². The van der Waals surface area contributed by atoms with Crippen LogP contribution in [0.1, 0.15) is 12.5 Å². The van der Waals surface area contributed by atoms with Gasteiger partial charge in [0.15, 0.2) is 0 Å². The molecule has 0 aliphatic heterocycles. The van der Waals surface area contributed by atoms with Crippen molar-refractivity contribution < 1.29 is 0 Å². The molecule has 4 nitrogen and oxygen atoms in total. The molecule has 4 heteroatoms. The number of anilines is 1.